The molecule has 4 nitrogen and oxygen atoms in total. The molecule has 0 saturated heterocycles. The number of benzene rings is 2. The summed E-state index contributed by atoms with van der Waals surface area (Å²) >= 11 is 0. The molecule has 0 bridgehead atoms. The number of rotatable bonds is 14. The van der Waals surface area contributed by atoms with Crippen LogP contribution in [-0.2, 0) is 49.0 Å². The molecule has 2 aromatic carbocycles. The molecule has 3 aromatic rings. The van der Waals surface area contributed by atoms with Crippen molar-refractivity contribution in [2.75, 3.05) is 36.8 Å². The molecule has 0 amide bonds. The number of hydrogen-bond acceptors (Lipinski definition) is 4. The minimum atomic E-state index is 0. The van der Waals surface area contributed by atoms with E-state index >= 15 is 0 Å². The number of para-hydroxylation sites is 2. The van der Waals surface area contributed by atoms with Crippen molar-refractivity contribution < 1.29 is 16.8 Å². The number of hydrogen-bond donors (Lipinski definition) is 2. The molecule has 5 heteroatoms. The fourth-order valence-corrected chi connectivity index (χ4v) is 4.61. The molecule has 2 N–H and O–H groups in total. The Morgan fingerprint density at radius 2 is 1.09 bits per heavy atom. The van der Waals surface area contributed by atoms with Crippen LogP contribution in [0.5, 0.6) is 0 Å². The quantitative estimate of drug-likeness (QED) is 0.261. The van der Waals surface area contributed by atoms with Crippen LogP contribution in [0.2, 0.25) is 0 Å². The van der Waals surface area contributed by atoms with Crippen molar-refractivity contribution >= 4 is 11.4 Å². The van der Waals surface area contributed by atoms with Crippen LogP contribution in [0.25, 0.3) is 0 Å². The smallest absolute Gasteiger partial charge is 0.0543 e. The van der Waals surface area contributed by atoms with Crippen molar-refractivity contribution in [2.24, 2.45) is 0 Å². The van der Waals surface area contributed by atoms with Gasteiger partial charge in [-0.2, -0.15) is 0 Å². The Morgan fingerprint density at radius 1 is 0.629 bits per heavy atom. The monoisotopic (exact) mass is 517 g/mol. The van der Waals surface area contributed by atoms with Crippen LogP contribution in [0.1, 0.15) is 55.6 Å². The third-order valence-electron chi connectivity index (χ3n) is 6.57. The molecule has 1 radical (unpaired) electrons. The van der Waals surface area contributed by atoms with Gasteiger partial charge in [0, 0.05) is 67.1 Å². The van der Waals surface area contributed by atoms with Gasteiger partial charge in [0.05, 0.1) is 5.69 Å². The molecule has 0 saturated carbocycles. The second kappa shape index (κ2) is 15.6. The molecule has 3 rings (SSSR count). The molecule has 0 fully saturated rings. The van der Waals surface area contributed by atoms with E-state index < -0.39 is 0 Å². The number of anilines is 2. The van der Waals surface area contributed by atoms with Crippen molar-refractivity contribution in [3.8, 4) is 0 Å². The van der Waals surface area contributed by atoms with Crippen LogP contribution in [0.15, 0.2) is 60.8 Å². The Hall–Kier alpha value is -2.34. The summed E-state index contributed by atoms with van der Waals surface area (Å²) in [6.07, 6.45) is 6.09. The molecule has 0 atom stereocenters. The Bertz CT molecular complexity index is 900. The Kier molecular flexibility index (Phi) is 12.9. The first-order chi connectivity index (χ1) is 16.7. The number of nitrogens with zero attached hydrogens (tertiary/aromatic N) is 2. The second-order valence-electron chi connectivity index (χ2n) is 8.77. The zero-order chi connectivity index (χ0) is 24.2. The summed E-state index contributed by atoms with van der Waals surface area (Å²) in [4.78, 5) is 7.08. The predicted molar refractivity (Wildman–Crippen MR) is 147 cm³/mol. The van der Waals surface area contributed by atoms with Crippen molar-refractivity contribution in [3.63, 3.8) is 0 Å². The number of nitrogens with one attached hydrogen (secondary N) is 2. The summed E-state index contributed by atoms with van der Waals surface area (Å²) in [6, 6.07) is 19.5. The van der Waals surface area contributed by atoms with Gasteiger partial charge in [-0.15, -0.1) is 0 Å². The standard InChI is InChI=1S/C30H42N4.Co/c1-5-24-13-11-14-25(6-2)29(24)32-19-21-34(23-28-17-9-10-18-31-28)22-20-33-30-26(7-3)15-12-16-27(30)8-4;/h9-18,32-33H,5-8,19-23H2,1-4H3;. The molecule has 1 aromatic heterocycles. The van der Waals surface area contributed by atoms with Crippen LogP contribution < -0.4 is 10.6 Å². The van der Waals surface area contributed by atoms with E-state index in [4.69, 9.17) is 0 Å². The van der Waals surface area contributed by atoms with E-state index in [1.807, 2.05) is 12.3 Å². The summed E-state index contributed by atoms with van der Waals surface area (Å²) in [7, 11) is 0. The van der Waals surface area contributed by atoms with E-state index in [1.54, 1.807) is 0 Å². The van der Waals surface area contributed by atoms with Crippen molar-refractivity contribution in [3.05, 3.63) is 88.7 Å². The third-order valence-corrected chi connectivity index (χ3v) is 6.57. The first kappa shape index (κ1) is 28.9. The number of pyridine rings is 1. The van der Waals surface area contributed by atoms with Crippen molar-refractivity contribution in [2.45, 2.75) is 59.9 Å². The van der Waals surface area contributed by atoms with Gasteiger partial charge < -0.3 is 10.6 Å². The topological polar surface area (TPSA) is 40.2 Å². The Labute approximate surface area is 223 Å². The van der Waals surface area contributed by atoms with Gasteiger partial charge in [-0.3, -0.25) is 9.88 Å². The second-order valence-corrected chi connectivity index (χ2v) is 8.77. The Balaban J connectivity index is 0.00000432. The fourth-order valence-electron chi connectivity index (χ4n) is 4.61. The largest absolute Gasteiger partial charge is 0.383 e. The van der Waals surface area contributed by atoms with Crippen LogP contribution in [0.3, 0.4) is 0 Å². The van der Waals surface area contributed by atoms with E-state index in [0.29, 0.717) is 0 Å². The summed E-state index contributed by atoms with van der Waals surface area (Å²) in [5.74, 6) is 0. The maximum Gasteiger partial charge on any atom is 0.0543 e. The average molecular weight is 518 g/mol. The van der Waals surface area contributed by atoms with Crippen LogP contribution in [0.4, 0.5) is 11.4 Å². The summed E-state index contributed by atoms with van der Waals surface area (Å²) in [6.45, 7) is 13.6. The molecule has 0 aliphatic carbocycles. The van der Waals surface area contributed by atoms with E-state index in [9.17, 15) is 0 Å². The minimum Gasteiger partial charge on any atom is -0.383 e. The zero-order valence-corrected chi connectivity index (χ0v) is 22.9. The molecule has 0 spiro atoms. The van der Waals surface area contributed by atoms with Gasteiger partial charge >= 0.3 is 0 Å². The van der Waals surface area contributed by atoms with Gasteiger partial charge in [0.15, 0.2) is 0 Å². The summed E-state index contributed by atoms with van der Waals surface area (Å²) in [5.41, 5.74) is 9.39. The van der Waals surface area contributed by atoms with E-state index in [0.717, 1.165) is 64.1 Å². The first-order valence-corrected chi connectivity index (χ1v) is 13.0. The SMILES string of the molecule is CCc1cccc(CC)c1NCCN(CCNc1c(CC)cccc1CC)Cc1ccccn1.[Co]. The normalized spacial score (nSPS) is 10.8. The Morgan fingerprint density at radius 3 is 1.46 bits per heavy atom. The van der Waals surface area contributed by atoms with Crippen molar-refractivity contribution in [1.82, 2.24) is 9.88 Å². The average Bonchev–Trinajstić information content (AvgIpc) is 2.89. The molecule has 35 heavy (non-hydrogen) atoms. The van der Waals surface area contributed by atoms with Gasteiger partial charge in [-0.1, -0.05) is 70.2 Å². The van der Waals surface area contributed by atoms with Gasteiger partial charge in [-0.05, 0) is 60.1 Å². The van der Waals surface area contributed by atoms with Crippen LogP contribution in [-0.4, -0.2) is 36.1 Å². The third kappa shape index (κ3) is 8.38. The van der Waals surface area contributed by atoms with E-state index in [2.05, 4.69) is 96.7 Å². The molecule has 0 aliphatic heterocycles. The van der Waals surface area contributed by atoms with E-state index in [-0.39, 0.29) is 16.8 Å². The predicted octanol–water partition coefficient (Wildman–Crippen LogP) is 6.35. The minimum absolute atomic E-state index is 0. The molecule has 0 unspecified atom stereocenters. The fraction of sp³-hybridized carbons (Fsp3) is 0.433. The summed E-state index contributed by atoms with van der Waals surface area (Å²) < 4.78 is 0. The molecular formula is C30H42CoN4. The maximum atomic E-state index is 4.58. The number of aromatic nitrogens is 1. The molecule has 191 valence electrons. The summed E-state index contributed by atoms with van der Waals surface area (Å²) in [5, 5.41) is 7.52. The van der Waals surface area contributed by atoms with Gasteiger partial charge in [0.25, 0.3) is 0 Å². The van der Waals surface area contributed by atoms with Gasteiger partial charge in [0.1, 0.15) is 0 Å². The van der Waals surface area contributed by atoms with Crippen molar-refractivity contribution in [1.29, 1.82) is 0 Å². The molecule has 1 heterocycles. The van der Waals surface area contributed by atoms with Crippen LogP contribution in [0, 0.1) is 0 Å². The van der Waals surface area contributed by atoms with Gasteiger partial charge in [-0.25, -0.2) is 0 Å². The van der Waals surface area contributed by atoms with Crippen LogP contribution >= 0.6 is 0 Å². The molecule has 0 aliphatic rings. The first-order valence-electron chi connectivity index (χ1n) is 13.0. The van der Waals surface area contributed by atoms with Gasteiger partial charge in [0.2, 0.25) is 0 Å². The molecular weight excluding hydrogens is 475 g/mol. The van der Waals surface area contributed by atoms with E-state index in [1.165, 1.54) is 33.6 Å². The zero-order valence-electron chi connectivity index (χ0n) is 21.9. The maximum absolute atomic E-state index is 4.58. The number of aryl methyl sites for hydroxylation is 4.